The summed E-state index contributed by atoms with van der Waals surface area (Å²) in [6.07, 6.45) is 7.62. The summed E-state index contributed by atoms with van der Waals surface area (Å²) in [6, 6.07) is 4.09. The number of aromatic nitrogens is 3. The zero-order chi connectivity index (χ0) is 14.2. The fourth-order valence-electron chi connectivity index (χ4n) is 2.20. The first-order valence-electron chi connectivity index (χ1n) is 7.09. The van der Waals surface area contributed by atoms with Crippen LogP contribution in [0.1, 0.15) is 29.8 Å². The minimum Gasteiger partial charge on any atom is -0.347 e. The summed E-state index contributed by atoms with van der Waals surface area (Å²) in [5.74, 6) is 0. The fourth-order valence-corrected chi connectivity index (χ4v) is 2.20. The number of H-pyrrole nitrogens is 1. The molecule has 0 amide bonds. The van der Waals surface area contributed by atoms with Crippen LogP contribution in [0.5, 0.6) is 0 Å². The molecule has 0 aliphatic heterocycles. The van der Waals surface area contributed by atoms with E-state index in [1.165, 1.54) is 5.56 Å². The Balaban J connectivity index is 1.99. The molecule has 5 heteroatoms. The first kappa shape index (κ1) is 14.7. The molecule has 0 unspecified atom stereocenters. The maximum Gasteiger partial charge on any atom is 0.0922 e. The molecule has 2 heterocycles. The molecular formula is C15H23N5. The van der Waals surface area contributed by atoms with Crippen molar-refractivity contribution in [3.63, 3.8) is 0 Å². The topological polar surface area (TPSA) is 70.8 Å². The average Bonchev–Trinajstić information content (AvgIpc) is 2.94. The van der Waals surface area contributed by atoms with Crippen molar-refractivity contribution in [2.24, 2.45) is 5.73 Å². The van der Waals surface area contributed by atoms with Crippen LogP contribution < -0.4 is 5.73 Å². The van der Waals surface area contributed by atoms with Crippen LogP contribution in [0.25, 0.3) is 0 Å². The second-order valence-corrected chi connectivity index (χ2v) is 5.05. The fraction of sp³-hybridized carbons (Fsp3) is 0.467. The van der Waals surface area contributed by atoms with Gasteiger partial charge in [-0.05, 0) is 44.5 Å². The van der Waals surface area contributed by atoms with E-state index in [9.17, 15) is 0 Å². The van der Waals surface area contributed by atoms with E-state index in [4.69, 9.17) is 5.73 Å². The third-order valence-electron chi connectivity index (χ3n) is 3.37. The predicted octanol–water partition coefficient (Wildman–Crippen LogP) is 1.85. The summed E-state index contributed by atoms with van der Waals surface area (Å²) >= 11 is 0. The molecule has 0 aliphatic rings. The Bertz CT molecular complexity index is 495. The summed E-state index contributed by atoms with van der Waals surface area (Å²) in [5.41, 5.74) is 9.09. The minimum atomic E-state index is 0.751. The van der Waals surface area contributed by atoms with Crippen LogP contribution in [-0.4, -0.2) is 32.9 Å². The second kappa shape index (κ2) is 7.77. The lowest BCUT2D eigenvalue weighted by molar-refractivity contribution is 0.246. The normalized spacial score (nSPS) is 11.2. The predicted molar refractivity (Wildman–Crippen MR) is 80.0 cm³/mol. The number of nitrogens with one attached hydrogen (secondary N) is 1. The number of nitrogens with zero attached hydrogens (tertiary/aromatic N) is 3. The van der Waals surface area contributed by atoms with Gasteiger partial charge in [0.25, 0.3) is 0 Å². The molecule has 0 saturated carbocycles. The lowest BCUT2D eigenvalue weighted by Crippen LogP contribution is -2.25. The van der Waals surface area contributed by atoms with Crippen LogP contribution in [0.15, 0.2) is 30.9 Å². The van der Waals surface area contributed by atoms with Crippen molar-refractivity contribution in [1.82, 2.24) is 19.9 Å². The molecule has 2 rings (SSSR count). The lowest BCUT2D eigenvalue weighted by atomic mass is 10.2. The number of unbranched alkanes of at least 4 members (excludes halogenated alkanes) is 1. The summed E-state index contributed by atoms with van der Waals surface area (Å²) in [5, 5.41) is 0. The first-order valence-corrected chi connectivity index (χ1v) is 7.09. The monoisotopic (exact) mass is 273 g/mol. The van der Waals surface area contributed by atoms with Crippen LogP contribution in [0.3, 0.4) is 0 Å². The Morgan fingerprint density at radius 1 is 1.30 bits per heavy atom. The largest absolute Gasteiger partial charge is 0.347 e. The van der Waals surface area contributed by atoms with Crippen molar-refractivity contribution in [2.75, 3.05) is 13.1 Å². The molecule has 20 heavy (non-hydrogen) atoms. The van der Waals surface area contributed by atoms with Crippen LogP contribution in [0, 0.1) is 6.92 Å². The van der Waals surface area contributed by atoms with Crippen molar-refractivity contribution in [1.29, 1.82) is 0 Å². The van der Waals surface area contributed by atoms with Crippen molar-refractivity contribution < 1.29 is 0 Å². The number of pyridine rings is 1. The molecule has 2 aromatic heterocycles. The van der Waals surface area contributed by atoms with Gasteiger partial charge in [-0.2, -0.15) is 0 Å². The van der Waals surface area contributed by atoms with E-state index in [2.05, 4.69) is 32.8 Å². The molecular weight excluding hydrogens is 250 g/mol. The molecule has 0 bridgehead atoms. The third kappa shape index (κ3) is 4.43. The van der Waals surface area contributed by atoms with E-state index in [1.807, 2.05) is 18.5 Å². The van der Waals surface area contributed by atoms with E-state index in [-0.39, 0.29) is 0 Å². The molecule has 0 fully saturated rings. The van der Waals surface area contributed by atoms with Crippen LogP contribution in [-0.2, 0) is 13.1 Å². The van der Waals surface area contributed by atoms with Crippen molar-refractivity contribution >= 4 is 0 Å². The van der Waals surface area contributed by atoms with Crippen LogP contribution in [0.2, 0.25) is 0 Å². The number of hydrogen-bond acceptors (Lipinski definition) is 4. The van der Waals surface area contributed by atoms with Crippen LogP contribution in [0.4, 0.5) is 0 Å². The number of nitrogens with two attached hydrogens (primary N) is 1. The smallest absolute Gasteiger partial charge is 0.0922 e. The highest BCUT2D eigenvalue weighted by Crippen LogP contribution is 2.11. The second-order valence-electron chi connectivity index (χ2n) is 5.05. The highest BCUT2D eigenvalue weighted by atomic mass is 15.1. The standard InChI is InChI=1S/C15H23N5/c1-13-5-4-7-18-15(13)11-20(8-3-2-6-16)10-14-9-17-12-19-14/h4-5,7,9,12H,2-3,6,8,10-11,16H2,1H3,(H,17,19). The molecule has 0 radical (unpaired) electrons. The van der Waals surface area contributed by atoms with Crippen molar-refractivity contribution in [3.8, 4) is 0 Å². The van der Waals surface area contributed by atoms with Gasteiger partial charge in [0.2, 0.25) is 0 Å². The molecule has 0 saturated heterocycles. The summed E-state index contributed by atoms with van der Waals surface area (Å²) in [4.78, 5) is 14.1. The summed E-state index contributed by atoms with van der Waals surface area (Å²) in [6.45, 7) is 5.60. The third-order valence-corrected chi connectivity index (χ3v) is 3.37. The SMILES string of the molecule is Cc1cccnc1CN(CCCCN)Cc1cnc[nH]1. The highest BCUT2D eigenvalue weighted by Gasteiger charge is 2.10. The average molecular weight is 273 g/mol. The number of aromatic amines is 1. The maximum atomic E-state index is 5.58. The number of imidazole rings is 1. The molecule has 0 spiro atoms. The molecule has 0 aromatic carbocycles. The number of hydrogen-bond donors (Lipinski definition) is 2. The summed E-state index contributed by atoms with van der Waals surface area (Å²) < 4.78 is 0. The van der Waals surface area contributed by atoms with Crippen molar-refractivity contribution in [2.45, 2.75) is 32.9 Å². The summed E-state index contributed by atoms with van der Waals surface area (Å²) in [7, 11) is 0. The maximum absolute atomic E-state index is 5.58. The Morgan fingerprint density at radius 3 is 2.90 bits per heavy atom. The highest BCUT2D eigenvalue weighted by molar-refractivity contribution is 5.17. The Kier molecular flexibility index (Phi) is 5.70. The van der Waals surface area contributed by atoms with E-state index in [0.29, 0.717) is 0 Å². The van der Waals surface area contributed by atoms with E-state index in [1.54, 1.807) is 6.33 Å². The van der Waals surface area contributed by atoms with Crippen molar-refractivity contribution in [3.05, 3.63) is 47.8 Å². The van der Waals surface area contributed by atoms with Gasteiger partial charge in [0.15, 0.2) is 0 Å². The Hall–Kier alpha value is -1.72. The zero-order valence-corrected chi connectivity index (χ0v) is 12.0. The van der Waals surface area contributed by atoms with Gasteiger partial charge in [0.05, 0.1) is 12.0 Å². The van der Waals surface area contributed by atoms with E-state index >= 15 is 0 Å². The minimum absolute atomic E-state index is 0.751. The molecule has 0 aliphatic carbocycles. The van der Waals surface area contributed by atoms with Gasteiger partial charge in [-0.3, -0.25) is 9.88 Å². The lowest BCUT2D eigenvalue weighted by Gasteiger charge is -2.22. The van der Waals surface area contributed by atoms with Gasteiger partial charge in [-0.25, -0.2) is 4.98 Å². The Morgan fingerprint density at radius 2 is 2.20 bits per heavy atom. The van der Waals surface area contributed by atoms with Gasteiger partial charge < -0.3 is 10.7 Å². The molecule has 108 valence electrons. The van der Waals surface area contributed by atoms with Gasteiger partial charge in [-0.1, -0.05) is 6.07 Å². The molecule has 3 N–H and O–H groups in total. The van der Waals surface area contributed by atoms with Gasteiger partial charge >= 0.3 is 0 Å². The number of aryl methyl sites for hydroxylation is 1. The first-order chi connectivity index (χ1) is 9.79. The molecule has 5 nitrogen and oxygen atoms in total. The van der Waals surface area contributed by atoms with Gasteiger partial charge in [0.1, 0.15) is 0 Å². The van der Waals surface area contributed by atoms with Gasteiger partial charge in [-0.15, -0.1) is 0 Å². The molecule has 2 aromatic rings. The zero-order valence-electron chi connectivity index (χ0n) is 12.0. The Labute approximate surface area is 120 Å². The van der Waals surface area contributed by atoms with Crippen LogP contribution >= 0.6 is 0 Å². The molecule has 0 atom stereocenters. The van der Waals surface area contributed by atoms with E-state index < -0.39 is 0 Å². The number of rotatable bonds is 8. The quantitative estimate of drug-likeness (QED) is 0.720. The van der Waals surface area contributed by atoms with Gasteiger partial charge in [0, 0.05) is 31.2 Å². The van der Waals surface area contributed by atoms with E-state index in [0.717, 1.165) is 50.4 Å².